The van der Waals surface area contributed by atoms with E-state index in [-0.39, 0.29) is 11.8 Å². The van der Waals surface area contributed by atoms with E-state index in [1.165, 1.54) is 0 Å². The highest BCUT2D eigenvalue weighted by Crippen LogP contribution is 2.25. The lowest BCUT2D eigenvalue weighted by molar-refractivity contribution is -0.116. The Bertz CT molecular complexity index is 955. The van der Waals surface area contributed by atoms with Crippen LogP contribution in [-0.2, 0) is 11.2 Å². The van der Waals surface area contributed by atoms with E-state index in [4.69, 9.17) is 4.74 Å². The SMILES string of the molecule is COc1ccccc1NC(=O)c1ccccc1NC(=O)CCc1ccccc1. The lowest BCUT2D eigenvalue weighted by atomic mass is 10.1. The molecule has 2 amide bonds. The second-order valence-electron chi connectivity index (χ2n) is 6.23. The summed E-state index contributed by atoms with van der Waals surface area (Å²) in [6.45, 7) is 0. The number of amides is 2. The van der Waals surface area contributed by atoms with Gasteiger partial charge in [-0.1, -0.05) is 54.6 Å². The predicted molar refractivity (Wildman–Crippen MR) is 111 cm³/mol. The van der Waals surface area contributed by atoms with Gasteiger partial charge in [0, 0.05) is 6.42 Å². The molecule has 0 spiro atoms. The van der Waals surface area contributed by atoms with Crippen molar-refractivity contribution in [1.82, 2.24) is 0 Å². The summed E-state index contributed by atoms with van der Waals surface area (Å²) >= 11 is 0. The number of nitrogens with one attached hydrogen (secondary N) is 2. The van der Waals surface area contributed by atoms with Crippen molar-refractivity contribution in [2.24, 2.45) is 0 Å². The first-order valence-corrected chi connectivity index (χ1v) is 9.04. The molecule has 0 radical (unpaired) electrons. The minimum absolute atomic E-state index is 0.138. The highest BCUT2D eigenvalue weighted by atomic mass is 16.5. The molecule has 0 saturated heterocycles. The van der Waals surface area contributed by atoms with Crippen molar-refractivity contribution in [3.63, 3.8) is 0 Å². The monoisotopic (exact) mass is 374 g/mol. The number of hydrogen-bond acceptors (Lipinski definition) is 3. The van der Waals surface area contributed by atoms with Crippen LogP contribution >= 0.6 is 0 Å². The van der Waals surface area contributed by atoms with Crippen LogP contribution in [0.15, 0.2) is 78.9 Å². The molecule has 28 heavy (non-hydrogen) atoms. The highest BCUT2D eigenvalue weighted by Gasteiger charge is 2.15. The number of carbonyl (C=O) groups excluding carboxylic acids is 2. The highest BCUT2D eigenvalue weighted by molar-refractivity contribution is 6.10. The molecule has 0 aliphatic rings. The largest absolute Gasteiger partial charge is 0.495 e. The maximum Gasteiger partial charge on any atom is 0.257 e. The van der Waals surface area contributed by atoms with Gasteiger partial charge in [-0.2, -0.15) is 0 Å². The molecule has 5 heteroatoms. The summed E-state index contributed by atoms with van der Waals surface area (Å²) in [6.07, 6.45) is 0.981. The Morgan fingerprint density at radius 2 is 1.43 bits per heavy atom. The summed E-state index contributed by atoms with van der Waals surface area (Å²) in [7, 11) is 1.55. The molecule has 0 atom stereocenters. The van der Waals surface area contributed by atoms with Gasteiger partial charge in [0.05, 0.1) is 24.0 Å². The fraction of sp³-hybridized carbons (Fsp3) is 0.130. The van der Waals surface area contributed by atoms with Crippen LogP contribution in [0.1, 0.15) is 22.3 Å². The van der Waals surface area contributed by atoms with Gasteiger partial charge in [0.2, 0.25) is 5.91 Å². The lowest BCUT2D eigenvalue weighted by Crippen LogP contribution is -2.18. The number of ether oxygens (including phenoxy) is 1. The van der Waals surface area contributed by atoms with Crippen LogP contribution in [0, 0.1) is 0 Å². The van der Waals surface area contributed by atoms with Crippen LogP contribution in [0.3, 0.4) is 0 Å². The van der Waals surface area contributed by atoms with Crippen molar-refractivity contribution < 1.29 is 14.3 Å². The average Bonchev–Trinajstić information content (AvgIpc) is 2.74. The fourth-order valence-corrected chi connectivity index (χ4v) is 2.84. The average molecular weight is 374 g/mol. The summed E-state index contributed by atoms with van der Waals surface area (Å²) < 4.78 is 5.27. The fourth-order valence-electron chi connectivity index (χ4n) is 2.84. The third-order valence-electron chi connectivity index (χ3n) is 4.28. The maximum absolute atomic E-state index is 12.7. The number of hydrogen-bond donors (Lipinski definition) is 2. The first-order chi connectivity index (χ1) is 13.7. The zero-order valence-electron chi connectivity index (χ0n) is 15.6. The van der Waals surface area contributed by atoms with E-state index in [9.17, 15) is 9.59 Å². The Labute approximate surface area is 164 Å². The molecule has 2 N–H and O–H groups in total. The van der Waals surface area contributed by atoms with Gasteiger partial charge in [-0.15, -0.1) is 0 Å². The molecule has 3 rings (SSSR count). The topological polar surface area (TPSA) is 67.4 Å². The molecule has 0 aliphatic carbocycles. The smallest absolute Gasteiger partial charge is 0.257 e. The molecule has 3 aromatic rings. The Kier molecular flexibility index (Phi) is 6.41. The third-order valence-corrected chi connectivity index (χ3v) is 4.28. The van der Waals surface area contributed by atoms with E-state index >= 15 is 0 Å². The molecule has 0 bridgehead atoms. The van der Waals surface area contributed by atoms with Gasteiger partial charge >= 0.3 is 0 Å². The number of methoxy groups -OCH3 is 1. The van der Waals surface area contributed by atoms with E-state index in [0.29, 0.717) is 35.5 Å². The Balaban J connectivity index is 1.68. The van der Waals surface area contributed by atoms with Crippen molar-refractivity contribution >= 4 is 23.2 Å². The molecular formula is C23H22N2O3. The standard InChI is InChI=1S/C23H22N2O3/c1-28-21-14-8-7-13-20(21)25-23(27)18-11-5-6-12-19(18)24-22(26)16-15-17-9-3-2-4-10-17/h2-14H,15-16H2,1H3,(H,24,26)(H,25,27). The van der Waals surface area contributed by atoms with Crippen molar-refractivity contribution in [3.8, 4) is 5.75 Å². The van der Waals surface area contributed by atoms with Gasteiger partial charge < -0.3 is 15.4 Å². The molecular weight excluding hydrogens is 352 g/mol. The number of para-hydroxylation sites is 3. The van der Waals surface area contributed by atoms with Crippen LogP contribution in [0.25, 0.3) is 0 Å². The van der Waals surface area contributed by atoms with Crippen molar-refractivity contribution in [1.29, 1.82) is 0 Å². The van der Waals surface area contributed by atoms with Gasteiger partial charge in [-0.25, -0.2) is 0 Å². The van der Waals surface area contributed by atoms with Crippen molar-refractivity contribution in [3.05, 3.63) is 90.0 Å². The Morgan fingerprint density at radius 3 is 2.18 bits per heavy atom. The molecule has 0 saturated carbocycles. The Morgan fingerprint density at radius 1 is 0.786 bits per heavy atom. The van der Waals surface area contributed by atoms with Crippen LogP contribution in [0.5, 0.6) is 5.75 Å². The lowest BCUT2D eigenvalue weighted by Gasteiger charge is -2.13. The first kappa shape index (κ1) is 19.2. The molecule has 142 valence electrons. The summed E-state index contributed by atoms with van der Waals surface area (Å²) in [5.74, 6) is 0.116. The number of anilines is 2. The van der Waals surface area contributed by atoms with Crippen molar-refractivity contribution in [2.45, 2.75) is 12.8 Å². The van der Waals surface area contributed by atoms with Crippen LogP contribution in [0.2, 0.25) is 0 Å². The quantitative estimate of drug-likeness (QED) is 0.639. The minimum Gasteiger partial charge on any atom is -0.495 e. The summed E-state index contributed by atoms with van der Waals surface area (Å²) in [4.78, 5) is 25.1. The van der Waals surface area contributed by atoms with Crippen LogP contribution < -0.4 is 15.4 Å². The number of benzene rings is 3. The summed E-state index contributed by atoms with van der Waals surface area (Å²) in [5, 5.41) is 5.68. The van der Waals surface area contributed by atoms with E-state index in [0.717, 1.165) is 5.56 Å². The minimum atomic E-state index is -0.316. The maximum atomic E-state index is 12.7. The number of carbonyl (C=O) groups is 2. The molecule has 0 unspecified atom stereocenters. The van der Waals surface area contributed by atoms with E-state index in [2.05, 4.69) is 10.6 Å². The third kappa shape index (κ3) is 4.98. The van der Waals surface area contributed by atoms with Crippen LogP contribution in [-0.4, -0.2) is 18.9 Å². The summed E-state index contributed by atoms with van der Waals surface area (Å²) in [6, 6.07) is 23.9. The van der Waals surface area contributed by atoms with Gasteiger partial charge in [0.25, 0.3) is 5.91 Å². The molecule has 5 nitrogen and oxygen atoms in total. The van der Waals surface area contributed by atoms with Gasteiger partial charge in [-0.3, -0.25) is 9.59 Å². The summed E-state index contributed by atoms with van der Waals surface area (Å²) in [5.41, 5.74) is 2.54. The van der Waals surface area contributed by atoms with Gasteiger partial charge in [-0.05, 0) is 36.2 Å². The van der Waals surface area contributed by atoms with Crippen LogP contribution in [0.4, 0.5) is 11.4 Å². The molecule has 0 aromatic heterocycles. The van der Waals surface area contributed by atoms with Crippen molar-refractivity contribution in [2.75, 3.05) is 17.7 Å². The first-order valence-electron chi connectivity index (χ1n) is 9.04. The normalized spacial score (nSPS) is 10.2. The zero-order valence-corrected chi connectivity index (χ0v) is 15.6. The zero-order chi connectivity index (χ0) is 19.8. The second-order valence-corrected chi connectivity index (χ2v) is 6.23. The molecule has 3 aromatic carbocycles. The number of aryl methyl sites for hydroxylation is 1. The van der Waals surface area contributed by atoms with Gasteiger partial charge in [0.15, 0.2) is 0 Å². The molecule has 0 aliphatic heterocycles. The van der Waals surface area contributed by atoms with Gasteiger partial charge in [0.1, 0.15) is 5.75 Å². The predicted octanol–water partition coefficient (Wildman–Crippen LogP) is 4.52. The van der Waals surface area contributed by atoms with E-state index < -0.39 is 0 Å². The number of rotatable bonds is 7. The van der Waals surface area contributed by atoms with E-state index in [1.807, 2.05) is 42.5 Å². The molecule has 0 heterocycles. The Hall–Kier alpha value is -3.60. The molecule has 0 fully saturated rings. The second kappa shape index (κ2) is 9.37. The van der Waals surface area contributed by atoms with E-state index in [1.54, 1.807) is 43.5 Å².